The monoisotopic (exact) mass is 453 g/mol. The Bertz CT molecular complexity index is 1010. The van der Waals surface area contributed by atoms with Crippen LogP contribution in [0.4, 0.5) is 17.1 Å². The molecular formula is C24H27N3O6. The van der Waals surface area contributed by atoms with Gasteiger partial charge in [0.05, 0.1) is 35.0 Å². The molecule has 2 aliphatic rings. The topological polar surface area (TPSA) is 111 Å². The normalized spacial score (nSPS) is 16.8. The summed E-state index contributed by atoms with van der Waals surface area (Å²) in [4.78, 5) is 38.2. The summed E-state index contributed by atoms with van der Waals surface area (Å²) >= 11 is 0. The number of ether oxygens (including phenoxy) is 2. The van der Waals surface area contributed by atoms with E-state index in [1.807, 2.05) is 4.90 Å². The highest BCUT2D eigenvalue weighted by Crippen LogP contribution is 2.28. The van der Waals surface area contributed by atoms with Crippen LogP contribution in [0.3, 0.4) is 0 Å². The predicted octanol–water partition coefficient (Wildman–Crippen LogP) is 4.17. The van der Waals surface area contributed by atoms with Crippen molar-refractivity contribution in [2.24, 2.45) is 0 Å². The Labute approximate surface area is 191 Å². The highest BCUT2D eigenvalue weighted by molar-refractivity contribution is 6.08. The Balaban J connectivity index is 1.47. The maximum Gasteiger partial charge on any atom is 0.338 e. The molecule has 1 amide bonds. The number of nitrogens with one attached hydrogen (secondary N) is 1. The molecule has 0 spiro atoms. The van der Waals surface area contributed by atoms with Crippen molar-refractivity contribution in [2.75, 3.05) is 36.5 Å². The van der Waals surface area contributed by atoms with Crippen molar-refractivity contribution >= 4 is 28.9 Å². The van der Waals surface area contributed by atoms with E-state index in [2.05, 4.69) is 5.32 Å². The Kier molecular flexibility index (Phi) is 7.19. The lowest BCUT2D eigenvalue weighted by Gasteiger charge is -2.30. The van der Waals surface area contributed by atoms with Crippen molar-refractivity contribution in [3.8, 4) is 0 Å². The number of hydrogen-bond donors (Lipinski definition) is 1. The van der Waals surface area contributed by atoms with Crippen LogP contribution in [0.2, 0.25) is 0 Å². The molecule has 2 aromatic rings. The molecule has 1 saturated carbocycles. The molecule has 0 bridgehead atoms. The minimum Gasteiger partial charge on any atom is -0.459 e. The van der Waals surface area contributed by atoms with Crippen molar-refractivity contribution in [3.63, 3.8) is 0 Å². The first-order chi connectivity index (χ1) is 16.0. The van der Waals surface area contributed by atoms with E-state index in [0.717, 1.165) is 25.7 Å². The lowest BCUT2D eigenvalue weighted by atomic mass is 9.98. The lowest BCUT2D eigenvalue weighted by Crippen LogP contribution is -2.37. The number of rotatable bonds is 6. The minimum absolute atomic E-state index is 0.0295. The molecule has 1 N–H and O–H groups in total. The van der Waals surface area contributed by atoms with Crippen molar-refractivity contribution in [2.45, 2.75) is 38.2 Å². The van der Waals surface area contributed by atoms with E-state index < -0.39 is 10.8 Å². The lowest BCUT2D eigenvalue weighted by molar-refractivity contribution is -0.384. The average molecular weight is 453 g/mol. The summed E-state index contributed by atoms with van der Waals surface area (Å²) in [6, 6.07) is 10.8. The average Bonchev–Trinajstić information content (AvgIpc) is 2.85. The minimum atomic E-state index is -0.521. The molecule has 9 heteroatoms. The van der Waals surface area contributed by atoms with Gasteiger partial charge in [-0.05, 0) is 56.0 Å². The van der Waals surface area contributed by atoms with E-state index in [4.69, 9.17) is 9.47 Å². The second-order valence-corrected chi connectivity index (χ2v) is 8.25. The van der Waals surface area contributed by atoms with Crippen LogP contribution < -0.4 is 10.2 Å². The molecule has 9 nitrogen and oxygen atoms in total. The van der Waals surface area contributed by atoms with Crippen LogP contribution in [-0.4, -0.2) is 49.2 Å². The molecule has 0 radical (unpaired) electrons. The summed E-state index contributed by atoms with van der Waals surface area (Å²) in [5, 5.41) is 14.0. The first-order valence-corrected chi connectivity index (χ1v) is 11.2. The van der Waals surface area contributed by atoms with Gasteiger partial charge in [0.2, 0.25) is 0 Å². The molecule has 2 aromatic carbocycles. The third kappa shape index (κ3) is 5.67. The maximum atomic E-state index is 13.1. The number of morpholine rings is 1. The Morgan fingerprint density at radius 1 is 1.03 bits per heavy atom. The fraction of sp³-hybridized carbons (Fsp3) is 0.417. The quantitative estimate of drug-likeness (QED) is 0.397. The number of benzene rings is 2. The van der Waals surface area contributed by atoms with E-state index in [1.165, 1.54) is 18.6 Å². The van der Waals surface area contributed by atoms with Crippen molar-refractivity contribution < 1.29 is 24.0 Å². The molecule has 1 aliphatic heterocycles. The molecule has 0 unspecified atom stereocenters. The van der Waals surface area contributed by atoms with Crippen LogP contribution in [0, 0.1) is 10.1 Å². The third-order valence-electron chi connectivity index (χ3n) is 5.99. The maximum absolute atomic E-state index is 13.1. The largest absolute Gasteiger partial charge is 0.459 e. The molecule has 1 saturated heterocycles. The van der Waals surface area contributed by atoms with Gasteiger partial charge in [0.1, 0.15) is 6.10 Å². The molecule has 1 aliphatic carbocycles. The van der Waals surface area contributed by atoms with Crippen molar-refractivity contribution in [3.05, 3.63) is 63.7 Å². The highest BCUT2D eigenvalue weighted by Gasteiger charge is 2.23. The number of esters is 1. The number of carbonyl (C=O) groups excluding carboxylic acids is 2. The molecule has 2 fully saturated rings. The van der Waals surface area contributed by atoms with Gasteiger partial charge in [0.25, 0.3) is 11.6 Å². The first kappa shape index (κ1) is 22.7. The van der Waals surface area contributed by atoms with E-state index in [9.17, 15) is 19.7 Å². The zero-order valence-corrected chi connectivity index (χ0v) is 18.3. The summed E-state index contributed by atoms with van der Waals surface area (Å²) in [5.41, 5.74) is 1.58. The van der Waals surface area contributed by atoms with Crippen LogP contribution in [0.15, 0.2) is 42.5 Å². The Morgan fingerprint density at radius 2 is 1.73 bits per heavy atom. The van der Waals surface area contributed by atoms with Crippen molar-refractivity contribution in [1.29, 1.82) is 0 Å². The summed E-state index contributed by atoms with van der Waals surface area (Å²) in [5.74, 6) is -0.828. The number of hydrogen-bond acceptors (Lipinski definition) is 7. The van der Waals surface area contributed by atoms with Crippen LogP contribution in [-0.2, 0) is 9.47 Å². The van der Waals surface area contributed by atoms with Gasteiger partial charge >= 0.3 is 5.97 Å². The Morgan fingerprint density at radius 3 is 2.39 bits per heavy atom. The molecule has 0 aromatic heterocycles. The van der Waals surface area contributed by atoms with Gasteiger partial charge in [-0.25, -0.2) is 4.79 Å². The first-order valence-electron chi connectivity index (χ1n) is 11.2. The summed E-state index contributed by atoms with van der Waals surface area (Å²) in [7, 11) is 0. The van der Waals surface area contributed by atoms with Crippen LogP contribution in [0.5, 0.6) is 0 Å². The summed E-state index contributed by atoms with van der Waals surface area (Å²) in [6.07, 6.45) is 5.10. The highest BCUT2D eigenvalue weighted by atomic mass is 16.6. The van der Waals surface area contributed by atoms with Gasteiger partial charge in [-0.2, -0.15) is 0 Å². The fourth-order valence-electron chi connectivity index (χ4n) is 4.19. The third-order valence-corrected chi connectivity index (χ3v) is 5.99. The van der Waals surface area contributed by atoms with Crippen LogP contribution >= 0.6 is 0 Å². The van der Waals surface area contributed by atoms with Gasteiger partial charge in [-0.3, -0.25) is 14.9 Å². The summed E-state index contributed by atoms with van der Waals surface area (Å²) < 4.78 is 10.9. The van der Waals surface area contributed by atoms with Gasteiger partial charge < -0.3 is 19.7 Å². The summed E-state index contributed by atoms with van der Waals surface area (Å²) in [6.45, 7) is 2.23. The molecule has 174 valence electrons. The Hall–Kier alpha value is -3.46. The number of carbonyl (C=O) groups is 2. The van der Waals surface area contributed by atoms with E-state index in [1.54, 1.807) is 30.3 Å². The molecular weight excluding hydrogens is 426 g/mol. The van der Waals surface area contributed by atoms with Crippen molar-refractivity contribution in [1.82, 2.24) is 0 Å². The number of nitrogens with zero attached hydrogens (tertiary/aromatic N) is 2. The number of nitro benzene ring substituents is 1. The number of anilines is 2. The van der Waals surface area contributed by atoms with E-state index >= 15 is 0 Å². The standard InChI is InChI=1S/C24H27N3O6/c28-23(21-16-19(27(30)31)10-11-22(21)26-12-14-32-15-13-26)25-18-8-6-17(7-9-18)24(29)33-20-4-2-1-3-5-20/h6-11,16,20H,1-5,12-15H2,(H,25,28). The number of non-ortho nitro benzene ring substituents is 1. The molecule has 4 rings (SSSR count). The predicted molar refractivity (Wildman–Crippen MR) is 123 cm³/mol. The van der Waals surface area contributed by atoms with Crippen LogP contribution in [0.1, 0.15) is 52.8 Å². The SMILES string of the molecule is O=C(OC1CCCCC1)c1ccc(NC(=O)c2cc([N+](=O)[O-])ccc2N2CCOCC2)cc1. The second-order valence-electron chi connectivity index (χ2n) is 8.25. The zero-order chi connectivity index (χ0) is 23.2. The fourth-order valence-corrected chi connectivity index (χ4v) is 4.19. The zero-order valence-electron chi connectivity index (χ0n) is 18.3. The van der Waals surface area contributed by atoms with Crippen LogP contribution in [0.25, 0.3) is 0 Å². The van der Waals surface area contributed by atoms with Gasteiger partial charge in [0.15, 0.2) is 0 Å². The number of amides is 1. The van der Waals surface area contributed by atoms with E-state index in [0.29, 0.717) is 43.2 Å². The second kappa shape index (κ2) is 10.4. The van der Waals surface area contributed by atoms with E-state index in [-0.39, 0.29) is 23.3 Å². The van der Waals surface area contributed by atoms with Gasteiger partial charge in [-0.1, -0.05) is 6.42 Å². The molecule has 0 atom stereocenters. The van der Waals surface area contributed by atoms with Gasteiger partial charge in [0, 0.05) is 30.9 Å². The smallest absolute Gasteiger partial charge is 0.338 e. The number of nitro groups is 1. The molecule has 33 heavy (non-hydrogen) atoms. The van der Waals surface area contributed by atoms with Gasteiger partial charge in [-0.15, -0.1) is 0 Å². The molecule has 1 heterocycles.